The maximum absolute atomic E-state index is 2.78. The standard InChI is InChI=1S/C70H59BN4S2/c1-67-36-15-17-38-69(67,3)74(44-22-7-5-8-23-44)58-42-60-52(40-50(58)67)71-53-41-51-59(75(45-24-9-6-10-25-45)70(4)39-18-16-37-68(51,70)2)43-61(53)73(57-33-20-29-49-47-27-12-14-35-63(47)77-66(49)57)55-31-21-30-54(64(55)71)72(60)56-32-19-28-48-46-26-11-13-34-62(46)76-65(48)56/h5-14,19-35,40-43H,15-18,36-39H2,1-4H3. The molecule has 4 aliphatic heterocycles. The van der Waals surface area contributed by atoms with E-state index in [2.05, 4.69) is 235 Å². The Morgan fingerprint density at radius 2 is 0.753 bits per heavy atom. The molecule has 77 heavy (non-hydrogen) atoms. The van der Waals surface area contributed by atoms with Crippen LogP contribution in [-0.4, -0.2) is 17.8 Å². The lowest BCUT2D eigenvalue weighted by Gasteiger charge is -2.50. The van der Waals surface area contributed by atoms with Crippen molar-refractivity contribution in [2.24, 2.45) is 0 Å². The summed E-state index contributed by atoms with van der Waals surface area (Å²) in [5.74, 6) is 0. The maximum Gasteiger partial charge on any atom is 0.252 e. The van der Waals surface area contributed by atoms with Gasteiger partial charge in [0.2, 0.25) is 0 Å². The molecule has 0 bridgehead atoms. The molecule has 11 aromatic rings. The van der Waals surface area contributed by atoms with Gasteiger partial charge in [0, 0.05) is 87.3 Å². The van der Waals surface area contributed by atoms with Crippen molar-refractivity contribution in [1.29, 1.82) is 0 Å². The van der Waals surface area contributed by atoms with Crippen LogP contribution in [0.2, 0.25) is 0 Å². The third-order valence-electron chi connectivity index (χ3n) is 20.7. The average Bonchev–Trinajstić information content (AvgIpc) is 3.41. The molecular weight excluding hydrogens is 972 g/mol. The summed E-state index contributed by atoms with van der Waals surface area (Å²) in [4.78, 5) is 11.0. The predicted octanol–water partition coefficient (Wildman–Crippen LogP) is 18.0. The topological polar surface area (TPSA) is 13.0 Å². The molecule has 7 heteroatoms. The van der Waals surface area contributed by atoms with E-state index < -0.39 is 0 Å². The molecule has 4 atom stereocenters. The molecule has 4 unspecified atom stereocenters. The van der Waals surface area contributed by atoms with Crippen LogP contribution in [0.25, 0.3) is 40.3 Å². The quantitative estimate of drug-likeness (QED) is 0.163. The Hall–Kier alpha value is -7.32. The fourth-order valence-corrected chi connectivity index (χ4v) is 19.1. The highest BCUT2D eigenvalue weighted by molar-refractivity contribution is 7.27. The minimum atomic E-state index is -0.0980. The van der Waals surface area contributed by atoms with Crippen LogP contribution in [-0.2, 0) is 10.8 Å². The fraction of sp³-hybridized carbons (Fsp3) is 0.229. The summed E-state index contributed by atoms with van der Waals surface area (Å²) in [7, 11) is 0. The van der Waals surface area contributed by atoms with E-state index in [1.54, 1.807) is 0 Å². The van der Waals surface area contributed by atoms with E-state index >= 15 is 0 Å². The molecular formula is C70H59BN4S2. The Morgan fingerprint density at radius 3 is 1.22 bits per heavy atom. The number of benzene rings is 9. The van der Waals surface area contributed by atoms with Crippen LogP contribution in [0.4, 0.5) is 56.9 Å². The number of anilines is 10. The van der Waals surface area contributed by atoms with E-state index in [4.69, 9.17) is 0 Å². The van der Waals surface area contributed by atoms with Crippen molar-refractivity contribution >= 4 is 143 Å². The van der Waals surface area contributed by atoms with Gasteiger partial charge < -0.3 is 19.6 Å². The van der Waals surface area contributed by atoms with Gasteiger partial charge in [0.05, 0.1) is 31.9 Å². The molecule has 6 aliphatic rings. The van der Waals surface area contributed by atoms with Gasteiger partial charge >= 0.3 is 0 Å². The first-order chi connectivity index (χ1) is 37.7. The van der Waals surface area contributed by atoms with Gasteiger partial charge in [-0.1, -0.05) is 155 Å². The lowest BCUT2D eigenvalue weighted by molar-refractivity contribution is 0.195. The summed E-state index contributed by atoms with van der Waals surface area (Å²) < 4.78 is 5.31. The second-order valence-corrected chi connectivity index (χ2v) is 26.2. The molecule has 0 saturated heterocycles. The van der Waals surface area contributed by atoms with Crippen LogP contribution in [0.1, 0.15) is 90.2 Å². The highest BCUT2D eigenvalue weighted by Gasteiger charge is 2.61. The van der Waals surface area contributed by atoms with Crippen molar-refractivity contribution in [1.82, 2.24) is 0 Å². The molecule has 6 heterocycles. The van der Waals surface area contributed by atoms with E-state index in [0.29, 0.717) is 0 Å². The zero-order valence-corrected chi connectivity index (χ0v) is 45.9. The van der Waals surface area contributed by atoms with Crippen molar-refractivity contribution in [3.8, 4) is 0 Å². The van der Waals surface area contributed by atoms with Crippen LogP contribution < -0.4 is 36.0 Å². The number of hydrogen-bond acceptors (Lipinski definition) is 6. The first kappa shape index (κ1) is 44.8. The van der Waals surface area contributed by atoms with E-state index in [1.165, 1.54) is 163 Å². The van der Waals surface area contributed by atoms with Gasteiger partial charge in [-0.25, -0.2) is 0 Å². The molecule has 2 fully saturated rings. The second-order valence-electron chi connectivity index (χ2n) is 24.1. The van der Waals surface area contributed by atoms with E-state index in [0.717, 1.165) is 12.8 Å². The van der Waals surface area contributed by atoms with Gasteiger partial charge in [-0.05, 0) is 140 Å². The third kappa shape index (κ3) is 5.64. The molecule has 0 N–H and O–H groups in total. The SMILES string of the molecule is CC12CCCCC1(C)N(c1ccccc1)c1cc3c(cc12)B1c2cc4c(cc2N(c2cccc5c2sc2ccccc25)c2cccc(c21)N3c1cccc2c1sc1ccccc12)N(c1ccccc1)C1(C)CCCCC41C. The Morgan fingerprint density at radius 1 is 0.364 bits per heavy atom. The van der Waals surface area contributed by atoms with Gasteiger partial charge in [-0.3, -0.25) is 0 Å². The zero-order chi connectivity index (χ0) is 51.2. The number of para-hydroxylation sites is 2. The van der Waals surface area contributed by atoms with Crippen LogP contribution in [0.5, 0.6) is 0 Å². The second kappa shape index (κ2) is 15.7. The Balaban J connectivity index is 1.01. The van der Waals surface area contributed by atoms with Gasteiger partial charge in [-0.15, -0.1) is 22.7 Å². The third-order valence-corrected chi connectivity index (χ3v) is 23.1. The summed E-state index contributed by atoms with van der Waals surface area (Å²) in [6, 6.07) is 73.0. The van der Waals surface area contributed by atoms with E-state index in [-0.39, 0.29) is 28.6 Å². The summed E-state index contributed by atoms with van der Waals surface area (Å²) in [6.07, 6.45) is 9.59. The van der Waals surface area contributed by atoms with Crippen molar-refractivity contribution < 1.29 is 0 Å². The summed E-state index contributed by atoms with van der Waals surface area (Å²) >= 11 is 3.88. The Labute approximate surface area is 459 Å². The zero-order valence-electron chi connectivity index (χ0n) is 44.2. The Kier molecular flexibility index (Phi) is 9.12. The van der Waals surface area contributed by atoms with Crippen LogP contribution >= 0.6 is 22.7 Å². The van der Waals surface area contributed by atoms with Crippen molar-refractivity contribution in [2.45, 2.75) is 101 Å². The van der Waals surface area contributed by atoms with Crippen molar-refractivity contribution in [3.05, 3.63) is 199 Å². The summed E-state index contributed by atoms with van der Waals surface area (Å²) in [5, 5.41) is 5.29. The number of fused-ring (bicyclic) bond motifs is 16. The molecule has 0 amide bonds. The molecule has 2 aliphatic carbocycles. The number of hydrogen-bond donors (Lipinski definition) is 0. The van der Waals surface area contributed by atoms with Crippen LogP contribution in [0.15, 0.2) is 188 Å². The number of thiophene rings is 2. The van der Waals surface area contributed by atoms with Gasteiger partial charge in [0.1, 0.15) is 0 Å². The smallest absolute Gasteiger partial charge is 0.252 e. The summed E-state index contributed by atoms with van der Waals surface area (Å²) in [5.41, 5.74) is 19.8. The molecule has 374 valence electrons. The Bertz CT molecular complexity index is 4050. The first-order valence-electron chi connectivity index (χ1n) is 28.3. The van der Waals surface area contributed by atoms with E-state index in [9.17, 15) is 0 Å². The molecule has 17 rings (SSSR count). The largest absolute Gasteiger partial charge is 0.334 e. The highest BCUT2D eigenvalue weighted by Crippen LogP contribution is 2.64. The van der Waals surface area contributed by atoms with Gasteiger partial charge in [0.15, 0.2) is 0 Å². The van der Waals surface area contributed by atoms with Crippen molar-refractivity contribution in [2.75, 3.05) is 19.6 Å². The van der Waals surface area contributed by atoms with Crippen LogP contribution in [0, 0.1) is 0 Å². The van der Waals surface area contributed by atoms with Gasteiger partial charge in [0.25, 0.3) is 6.71 Å². The first-order valence-corrected chi connectivity index (χ1v) is 29.9. The molecule has 4 nitrogen and oxygen atoms in total. The average molecular weight is 1030 g/mol. The lowest BCUT2D eigenvalue weighted by Crippen LogP contribution is -2.61. The predicted molar refractivity (Wildman–Crippen MR) is 332 cm³/mol. The molecule has 9 aromatic carbocycles. The molecule has 0 radical (unpaired) electrons. The fourth-order valence-electron chi connectivity index (χ4n) is 16.7. The molecule has 0 spiro atoms. The minimum absolute atomic E-state index is 0.0223. The number of nitrogens with zero attached hydrogens (tertiary/aromatic N) is 4. The molecule has 2 saturated carbocycles. The van der Waals surface area contributed by atoms with Crippen molar-refractivity contribution in [3.63, 3.8) is 0 Å². The monoisotopic (exact) mass is 1030 g/mol. The highest BCUT2D eigenvalue weighted by atomic mass is 32.1. The lowest BCUT2D eigenvalue weighted by atomic mass is 9.33. The number of rotatable bonds is 4. The maximum atomic E-state index is 2.78. The van der Waals surface area contributed by atoms with Crippen LogP contribution in [0.3, 0.4) is 0 Å². The summed E-state index contributed by atoms with van der Waals surface area (Å²) in [6.45, 7) is 10.4. The molecule has 2 aromatic heterocycles. The van der Waals surface area contributed by atoms with E-state index in [1.807, 2.05) is 22.7 Å². The normalized spacial score (nSPS) is 23.8. The minimum Gasteiger partial charge on any atom is -0.334 e. The van der Waals surface area contributed by atoms with Gasteiger partial charge in [-0.2, -0.15) is 0 Å².